The molecule has 1 fully saturated rings. The first-order valence-electron chi connectivity index (χ1n) is 14.1. The Labute approximate surface area is 223 Å². The topological polar surface area (TPSA) is 9.86 Å². The molecule has 5 aliphatic rings. The van der Waals surface area contributed by atoms with Crippen molar-refractivity contribution in [2.45, 2.75) is 50.6 Å². The number of rotatable bonds is 2. The summed E-state index contributed by atoms with van der Waals surface area (Å²) in [6, 6.07) is 28.3. The zero-order valence-electron chi connectivity index (χ0n) is 21.8. The number of benzene rings is 4. The summed E-state index contributed by atoms with van der Waals surface area (Å²) in [5.74, 6) is 1.14. The minimum Gasteiger partial charge on any atom is -0.340 e. The number of aryl methyl sites for hydroxylation is 2. The molecular formula is C36H32N2. The van der Waals surface area contributed by atoms with E-state index in [9.17, 15) is 0 Å². The molecule has 0 amide bonds. The van der Waals surface area contributed by atoms with E-state index in [-0.39, 0.29) is 0 Å². The maximum atomic E-state index is 4.03. The Balaban J connectivity index is 1.35. The zero-order chi connectivity index (χ0) is 25.4. The number of fused-ring (bicyclic) bond motifs is 2. The molecule has 4 aromatic carbocycles. The van der Waals surface area contributed by atoms with E-state index < -0.39 is 0 Å². The molecule has 2 heteroatoms. The molecule has 6 heterocycles. The van der Waals surface area contributed by atoms with Crippen LogP contribution < -0.4 is 0 Å². The summed E-state index contributed by atoms with van der Waals surface area (Å²) in [5.41, 5.74) is 10.8. The van der Waals surface area contributed by atoms with Gasteiger partial charge >= 0.3 is 0 Å². The highest BCUT2D eigenvalue weighted by molar-refractivity contribution is 6.10. The van der Waals surface area contributed by atoms with Crippen molar-refractivity contribution in [1.82, 2.24) is 9.13 Å². The molecule has 2 nitrogen and oxygen atoms in total. The van der Waals surface area contributed by atoms with Crippen LogP contribution in [0.1, 0.15) is 59.8 Å². The van der Waals surface area contributed by atoms with Gasteiger partial charge in [-0.05, 0) is 108 Å². The molecule has 4 aliphatic heterocycles. The third-order valence-corrected chi connectivity index (χ3v) is 9.44. The fourth-order valence-electron chi connectivity index (χ4n) is 7.31. The summed E-state index contributed by atoms with van der Waals surface area (Å²) in [6.45, 7) is 10.1. The second-order valence-corrected chi connectivity index (χ2v) is 11.3. The molecule has 6 aromatic rings. The molecule has 0 unspecified atom stereocenters. The van der Waals surface area contributed by atoms with Gasteiger partial charge in [-0.3, -0.25) is 0 Å². The Morgan fingerprint density at radius 2 is 0.921 bits per heavy atom. The summed E-state index contributed by atoms with van der Waals surface area (Å²) in [4.78, 5) is 0. The molecular weight excluding hydrogens is 460 g/mol. The van der Waals surface area contributed by atoms with Gasteiger partial charge in [0.15, 0.2) is 0 Å². The predicted octanol–water partition coefficient (Wildman–Crippen LogP) is 9.64. The van der Waals surface area contributed by atoms with Gasteiger partial charge in [0.1, 0.15) is 0 Å². The summed E-state index contributed by atoms with van der Waals surface area (Å²) < 4.78 is 5.11. The van der Waals surface area contributed by atoms with Crippen LogP contribution in [0.5, 0.6) is 0 Å². The third kappa shape index (κ3) is 3.07. The van der Waals surface area contributed by atoms with E-state index in [4.69, 9.17) is 0 Å². The summed E-state index contributed by atoms with van der Waals surface area (Å²) in [6.07, 6.45) is 8.72. The highest BCUT2D eigenvalue weighted by atomic mass is 15.0. The van der Waals surface area contributed by atoms with Crippen LogP contribution in [0.15, 0.2) is 86.0 Å². The fraction of sp³-hybridized carbons (Fsp3) is 0.222. The monoisotopic (exact) mass is 492 g/mol. The quantitative estimate of drug-likeness (QED) is 0.228. The van der Waals surface area contributed by atoms with Crippen molar-refractivity contribution in [2.24, 2.45) is 0 Å². The van der Waals surface area contributed by atoms with Crippen LogP contribution >= 0.6 is 0 Å². The van der Waals surface area contributed by atoms with Crippen LogP contribution in [0.2, 0.25) is 0 Å². The molecule has 186 valence electrons. The van der Waals surface area contributed by atoms with Crippen LogP contribution in [-0.2, 0) is 13.1 Å². The Morgan fingerprint density at radius 3 is 1.32 bits per heavy atom. The summed E-state index contributed by atoms with van der Waals surface area (Å²) in [5, 5.41) is 5.51. The van der Waals surface area contributed by atoms with E-state index in [0.29, 0.717) is 11.8 Å². The summed E-state index contributed by atoms with van der Waals surface area (Å²) >= 11 is 0. The van der Waals surface area contributed by atoms with E-state index in [2.05, 4.69) is 95.1 Å². The minimum atomic E-state index is 0.572. The third-order valence-electron chi connectivity index (χ3n) is 9.44. The van der Waals surface area contributed by atoms with Crippen LogP contribution in [0, 0.1) is 0 Å². The second-order valence-electron chi connectivity index (χ2n) is 11.3. The number of hydrogen-bond acceptors (Lipinski definition) is 0. The molecule has 8 bridgehead atoms. The average molecular weight is 493 g/mol. The van der Waals surface area contributed by atoms with Gasteiger partial charge in [-0.2, -0.15) is 0 Å². The Kier molecular flexibility index (Phi) is 4.76. The number of nitrogens with zero attached hydrogens (tertiary/aromatic N) is 2. The van der Waals surface area contributed by atoms with Crippen LogP contribution in [0.4, 0.5) is 0 Å². The van der Waals surface area contributed by atoms with E-state index in [1.165, 1.54) is 78.7 Å². The van der Waals surface area contributed by atoms with E-state index in [1.54, 1.807) is 0 Å². The lowest BCUT2D eigenvalue weighted by Crippen LogP contribution is -2.21. The van der Waals surface area contributed by atoms with Gasteiger partial charge in [-0.1, -0.05) is 49.6 Å². The molecule has 0 spiro atoms. The molecule has 1 saturated carbocycles. The van der Waals surface area contributed by atoms with Crippen molar-refractivity contribution in [2.75, 3.05) is 0 Å². The smallest absolute Gasteiger partial charge is 0.0491 e. The largest absolute Gasteiger partial charge is 0.340 e. The standard InChI is InChI=1S/C36H32N2/c1-3-23-7-13-33-29(19-23)31-21-25-9-15-35(31)37(33)17-5-6-18-38-34-14-8-24(4-2)20-30(34)32-22-26(10-16-36(32)38)28-12-11-27(25)28/h3-4,7-10,13-16,19-22,27-28H,1-2,5-6,11-12,17-18H2/t27-,28+. The van der Waals surface area contributed by atoms with Crippen molar-refractivity contribution in [3.05, 3.63) is 108 Å². The van der Waals surface area contributed by atoms with Crippen molar-refractivity contribution in [1.29, 1.82) is 0 Å². The van der Waals surface area contributed by atoms with Crippen LogP contribution in [-0.4, -0.2) is 9.13 Å². The first-order valence-corrected chi connectivity index (χ1v) is 14.1. The lowest BCUT2D eigenvalue weighted by Gasteiger charge is -2.37. The molecule has 2 aromatic heterocycles. The van der Waals surface area contributed by atoms with Crippen molar-refractivity contribution in [3.63, 3.8) is 0 Å². The van der Waals surface area contributed by atoms with E-state index in [1.807, 2.05) is 12.2 Å². The minimum absolute atomic E-state index is 0.572. The highest BCUT2D eigenvalue weighted by Gasteiger charge is 2.34. The van der Waals surface area contributed by atoms with Gasteiger partial charge in [0.2, 0.25) is 0 Å². The van der Waals surface area contributed by atoms with Gasteiger partial charge in [0.05, 0.1) is 0 Å². The van der Waals surface area contributed by atoms with E-state index in [0.717, 1.165) is 25.9 Å². The molecule has 1 aliphatic carbocycles. The van der Waals surface area contributed by atoms with Gasteiger partial charge in [-0.25, -0.2) is 0 Å². The van der Waals surface area contributed by atoms with Gasteiger partial charge in [0.25, 0.3) is 0 Å². The Morgan fingerprint density at radius 1 is 0.526 bits per heavy atom. The van der Waals surface area contributed by atoms with Crippen molar-refractivity contribution in [3.8, 4) is 0 Å². The summed E-state index contributed by atoms with van der Waals surface area (Å²) in [7, 11) is 0. The highest BCUT2D eigenvalue weighted by Crippen LogP contribution is 2.50. The van der Waals surface area contributed by atoms with Crippen molar-refractivity contribution >= 4 is 55.8 Å². The SMILES string of the molecule is C=Cc1ccc2c(c1)c1cc3ccc1n2CCCCn1c2ccc(C=C)cc2c2cc(ccc21)[C@@H]1CC[C@H]31. The van der Waals surface area contributed by atoms with Gasteiger partial charge < -0.3 is 9.13 Å². The Hall–Kier alpha value is -4.04. The lowest BCUT2D eigenvalue weighted by atomic mass is 9.66. The molecule has 2 atom stereocenters. The fourth-order valence-corrected chi connectivity index (χ4v) is 7.31. The maximum Gasteiger partial charge on any atom is 0.0491 e. The molecule has 11 rings (SSSR count). The lowest BCUT2D eigenvalue weighted by molar-refractivity contribution is 0.347. The number of hydrogen-bond donors (Lipinski definition) is 0. The van der Waals surface area contributed by atoms with E-state index >= 15 is 0 Å². The number of aromatic nitrogens is 2. The van der Waals surface area contributed by atoms with Crippen LogP contribution in [0.25, 0.3) is 55.8 Å². The molecule has 0 saturated heterocycles. The maximum absolute atomic E-state index is 4.03. The first-order chi connectivity index (χ1) is 18.7. The molecule has 0 N–H and O–H groups in total. The average Bonchev–Trinajstić information content (AvgIpc) is 3.41. The Bertz CT molecular complexity index is 1790. The predicted molar refractivity (Wildman–Crippen MR) is 163 cm³/mol. The zero-order valence-corrected chi connectivity index (χ0v) is 21.8. The van der Waals surface area contributed by atoms with Crippen molar-refractivity contribution < 1.29 is 0 Å². The second kappa shape index (κ2) is 8.23. The normalized spacial score (nSPS) is 19.2. The van der Waals surface area contributed by atoms with Gasteiger partial charge in [0, 0.05) is 56.7 Å². The first kappa shape index (κ1) is 22.0. The van der Waals surface area contributed by atoms with Gasteiger partial charge in [-0.15, -0.1) is 0 Å². The van der Waals surface area contributed by atoms with Crippen LogP contribution in [0.3, 0.4) is 0 Å². The molecule has 0 radical (unpaired) electrons. The molecule has 38 heavy (non-hydrogen) atoms.